The molecule has 2 aromatic carbocycles. The van der Waals surface area contributed by atoms with Gasteiger partial charge in [0.25, 0.3) is 0 Å². The molecule has 0 bridgehead atoms. The first-order chi connectivity index (χ1) is 15.9. The summed E-state index contributed by atoms with van der Waals surface area (Å²) < 4.78 is 54.2. The van der Waals surface area contributed by atoms with Crippen LogP contribution in [-0.4, -0.2) is 45.4 Å². The molecule has 3 rings (SSSR count). The van der Waals surface area contributed by atoms with E-state index in [9.17, 15) is 8.42 Å². The highest BCUT2D eigenvalue weighted by molar-refractivity contribution is 7.92. The number of hydrogen-bond donors (Lipinski definition) is 0. The second kappa shape index (κ2) is 10.4. The second-order valence-corrected chi connectivity index (χ2v) is 12.1. The number of rotatable bonds is 10. The third-order valence-electron chi connectivity index (χ3n) is 6.26. The van der Waals surface area contributed by atoms with Crippen molar-refractivity contribution >= 4 is 22.4 Å². The Morgan fingerprint density at radius 1 is 0.912 bits per heavy atom. The van der Waals surface area contributed by atoms with Crippen LogP contribution in [0.5, 0.6) is 11.5 Å². The lowest BCUT2D eigenvalue weighted by Gasteiger charge is -2.32. The van der Waals surface area contributed by atoms with Crippen LogP contribution in [0.25, 0.3) is 0 Å². The minimum atomic E-state index is -3.33. The first-order valence-electron chi connectivity index (χ1n) is 11.5. The molecule has 0 amide bonds. The number of ether oxygens (including phenoxy) is 3. The topological polar surface area (TPSA) is 80.3 Å². The quantitative estimate of drug-likeness (QED) is 0.276. The van der Waals surface area contributed by atoms with Crippen molar-refractivity contribution in [2.24, 2.45) is 0 Å². The highest BCUT2D eigenvalue weighted by atomic mass is 32.2. The summed E-state index contributed by atoms with van der Waals surface area (Å²) in [6.07, 6.45) is 0. The summed E-state index contributed by atoms with van der Waals surface area (Å²) in [6, 6.07) is 12.1. The van der Waals surface area contributed by atoms with Crippen molar-refractivity contribution in [3.05, 3.63) is 48.0 Å². The van der Waals surface area contributed by atoms with Crippen molar-refractivity contribution in [3.8, 4) is 11.5 Å². The maximum Gasteiger partial charge on any atom is 0.495 e. The minimum absolute atomic E-state index is 0.177. The SMILES string of the molecule is CCOCOCc1cc(Oc2ccc(S(=O)(=O)C(C)C)cc2)ccc1B1OC(C)(C)C(C)(C)O1. The normalized spacial score (nSPS) is 17.4. The Hall–Kier alpha value is -1.91. The number of sulfone groups is 1. The molecule has 0 atom stereocenters. The molecule has 0 spiro atoms. The van der Waals surface area contributed by atoms with Crippen LogP contribution in [0.4, 0.5) is 0 Å². The van der Waals surface area contributed by atoms with Gasteiger partial charge in [0, 0.05) is 6.61 Å². The fourth-order valence-electron chi connectivity index (χ4n) is 3.37. The van der Waals surface area contributed by atoms with E-state index in [0.29, 0.717) is 24.7 Å². The Morgan fingerprint density at radius 3 is 2.06 bits per heavy atom. The van der Waals surface area contributed by atoms with E-state index < -0.39 is 33.4 Å². The highest BCUT2D eigenvalue weighted by Crippen LogP contribution is 2.37. The molecule has 0 radical (unpaired) electrons. The van der Waals surface area contributed by atoms with Crippen LogP contribution in [0.3, 0.4) is 0 Å². The third kappa shape index (κ3) is 5.83. The molecule has 1 saturated heterocycles. The summed E-state index contributed by atoms with van der Waals surface area (Å²) in [6.45, 7) is 14.3. The lowest BCUT2D eigenvalue weighted by molar-refractivity contribution is -0.0570. The largest absolute Gasteiger partial charge is 0.495 e. The summed E-state index contributed by atoms with van der Waals surface area (Å²) in [5.74, 6) is 1.13. The van der Waals surface area contributed by atoms with Crippen LogP contribution in [0.2, 0.25) is 0 Å². The van der Waals surface area contributed by atoms with Crippen molar-refractivity contribution in [1.82, 2.24) is 0 Å². The van der Waals surface area contributed by atoms with E-state index in [2.05, 4.69) is 0 Å². The maximum absolute atomic E-state index is 12.4. The van der Waals surface area contributed by atoms with Gasteiger partial charge in [0.15, 0.2) is 9.84 Å². The Bertz CT molecular complexity index is 1060. The standard InChI is InChI=1S/C25H35BO7S/c1-8-29-17-30-16-19-15-21(11-14-23(19)26-32-24(4,5)25(6,7)33-26)31-20-9-12-22(13-10-20)34(27,28)18(2)3/h9-15,18H,8,16-17H2,1-7H3. The minimum Gasteiger partial charge on any atom is -0.457 e. The molecule has 7 nitrogen and oxygen atoms in total. The van der Waals surface area contributed by atoms with E-state index in [1.807, 2.05) is 52.8 Å². The fraction of sp³-hybridized carbons (Fsp3) is 0.520. The van der Waals surface area contributed by atoms with E-state index in [1.54, 1.807) is 38.1 Å². The van der Waals surface area contributed by atoms with Crippen LogP contribution < -0.4 is 10.2 Å². The lowest BCUT2D eigenvalue weighted by Crippen LogP contribution is -2.41. The van der Waals surface area contributed by atoms with Gasteiger partial charge in [-0.1, -0.05) is 6.07 Å². The molecule has 2 aromatic rings. The first-order valence-corrected chi connectivity index (χ1v) is 13.1. The van der Waals surface area contributed by atoms with E-state index >= 15 is 0 Å². The number of hydrogen-bond acceptors (Lipinski definition) is 7. The predicted molar refractivity (Wildman–Crippen MR) is 132 cm³/mol. The molecule has 186 valence electrons. The Balaban J connectivity index is 1.84. The van der Waals surface area contributed by atoms with Crippen molar-refractivity contribution in [1.29, 1.82) is 0 Å². The van der Waals surface area contributed by atoms with Gasteiger partial charge in [-0.25, -0.2) is 8.42 Å². The van der Waals surface area contributed by atoms with E-state index in [-0.39, 0.29) is 11.7 Å². The molecule has 0 unspecified atom stereocenters. The van der Waals surface area contributed by atoms with Crippen molar-refractivity contribution in [2.45, 2.75) is 76.4 Å². The van der Waals surface area contributed by atoms with Gasteiger partial charge in [-0.15, -0.1) is 0 Å². The molecule has 1 aliphatic rings. The predicted octanol–water partition coefficient (Wildman–Crippen LogP) is 4.47. The molecule has 1 fully saturated rings. The fourth-order valence-corrected chi connectivity index (χ4v) is 4.43. The van der Waals surface area contributed by atoms with Crippen LogP contribution in [0.1, 0.15) is 54.0 Å². The van der Waals surface area contributed by atoms with Gasteiger partial charge in [0.2, 0.25) is 0 Å². The molecular weight excluding hydrogens is 455 g/mol. The molecule has 0 aliphatic carbocycles. The smallest absolute Gasteiger partial charge is 0.457 e. The molecular formula is C25H35BO7S. The van der Waals surface area contributed by atoms with Crippen molar-refractivity contribution in [3.63, 3.8) is 0 Å². The van der Waals surface area contributed by atoms with Crippen molar-refractivity contribution < 1.29 is 31.9 Å². The lowest BCUT2D eigenvalue weighted by atomic mass is 9.76. The van der Waals surface area contributed by atoms with Gasteiger partial charge in [0.05, 0.1) is 28.0 Å². The van der Waals surface area contributed by atoms with Gasteiger partial charge < -0.3 is 23.5 Å². The van der Waals surface area contributed by atoms with Crippen LogP contribution in [0.15, 0.2) is 47.4 Å². The van der Waals surface area contributed by atoms with Gasteiger partial charge in [-0.3, -0.25) is 0 Å². The van der Waals surface area contributed by atoms with E-state index in [1.165, 1.54) is 0 Å². The van der Waals surface area contributed by atoms with Gasteiger partial charge in [-0.2, -0.15) is 0 Å². The Morgan fingerprint density at radius 2 is 1.50 bits per heavy atom. The van der Waals surface area contributed by atoms with Crippen LogP contribution >= 0.6 is 0 Å². The van der Waals surface area contributed by atoms with Gasteiger partial charge >= 0.3 is 7.12 Å². The van der Waals surface area contributed by atoms with E-state index in [4.69, 9.17) is 23.5 Å². The molecule has 1 aliphatic heterocycles. The summed E-state index contributed by atoms with van der Waals surface area (Å²) >= 11 is 0. The maximum atomic E-state index is 12.4. The molecule has 1 heterocycles. The average Bonchev–Trinajstić information content (AvgIpc) is 2.98. The molecule has 0 saturated carbocycles. The van der Waals surface area contributed by atoms with Gasteiger partial charge in [0.1, 0.15) is 18.3 Å². The molecule has 0 N–H and O–H groups in total. The first kappa shape index (κ1) is 26.7. The summed E-state index contributed by atoms with van der Waals surface area (Å²) in [4.78, 5) is 0.274. The Labute approximate surface area is 203 Å². The van der Waals surface area contributed by atoms with Gasteiger partial charge in [-0.05, 0) is 95.9 Å². The molecule has 9 heteroatoms. The number of benzene rings is 2. The van der Waals surface area contributed by atoms with Crippen LogP contribution in [0, 0.1) is 0 Å². The van der Waals surface area contributed by atoms with Crippen LogP contribution in [-0.2, 0) is 35.2 Å². The highest BCUT2D eigenvalue weighted by Gasteiger charge is 2.52. The van der Waals surface area contributed by atoms with E-state index in [0.717, 1.165) is 11.0 Å². The summed E-state index contributed by atoms with van der Waals surface area (Å²) in [5, 5.41) is -0.485. The zero-order valence-electron chi connectivity index (χ0n) is 21.1. The summed E-state index contributed by atoms with van der Waals surface area (Å²) in [5.41, 5.74) is 0.790. The zero-order chi connectivity index (χ0) is 25.1. The second-order valence-electron chi connectivity index (χ2n) is 9.58. The monoisotopic (exact) mass is 490 g/mol. The molecule has 0 aromatic heterocycles. The summed E-state index contributed by atoms with van der Waals surface area (Å²) in [7, 11) is -3.87. The average molecular weight is 490 g/mol. The zero-order valence-corrected chi connectivity index (χ0v) is 21.9. The third-order valence-corrected chi connectivity index (χ3v) is 8.43. The molecule has 34 heavy (non-hydrogen) atoms. The Kier molecular flexibility index (Phi) is 8.15. The van der Waals surface area contributed by atoms with Crippen molar-refractivity contribution in [2.75, 3.05) is 13.4 Å².